The molecule has 4 aromatic rings. The first-order chi connectivity index (χ1) is 16.2. The van der Waals surface area contributed by atoms with Crippen molar-refractivity contribution in [1.82, 2.24) is 9.97 Å². The highest BCUT2D eigenvalue weighted by Crippen LogP contribution is 2.32. The summed E-state index contributed by atoms with van der Waals surface area (Å²) in [5.41, 5.74) is 4.74. The van der Waals surface area contributed by atoms with E-state index >= 15 is 0 Å². The summed E-state index contributed by atoms with van der Waals surface area (Å²) in [5, 5.41) is 8.17. The Hall–Kier alpha value is -3.07. The highest BCUT2D eigenvalue weighted by atomic mass is 32.1. The number of hydrogen-bond donors (Lipinski definition) is 1. The number of hydrogen-bond acceptors (Lipinski definition) is 7. The molecule has 0 saturated heterocycles. The average molecular weight is 480 g/mol. The van der Waals surface area contributed by atoms with Crippen molar-refractivity contribution in [1.29, 1.82) is 0 Å². The van der Waals surface area contributed by atoms with Crippen LogP contribution in [0, 0.1) is 0 Å². The lowest BCUT2D eigenvalue weighted by Crippen LogP contribution is -2.14. The zero-order valence-electron chi connectivity index (χ0n) is 18.5. The van der Waals surface area contributed by atoms with Crippen LogP contribution >= 0.6 is 22.7 Å². The monoisotopic (exact) mass is 479 g/mol. The lowest BCUT2D eigenvalue weighted by Gasteiger charge is -2.07. The van der Waals surface area contributed by atoms with E-state index in [1.807, 2.05) is 54.1 Å². The van der Waals surface area contributed by atoms with Crippen molar-refractivity contribution < 1.29 is 14.3 Å². The van der Waals surface area contributed by atoms with Gasteiger partial charge >= 0.3 is 0 Å². The van der Waals surface area contributed by atoms with Crippen LogP contribution in [-0.4, -0.2) is 36.2 Å². The Morgan fingerprint density at radius 2 is 1.85 bits per heavy atom. The fraction of sp³-hybridized carbons (Fsp3) is 0.240. The van der Waals surface area contributed by atoms with Gasteiger partial charge in [0.25, 0.3) is 0 Å². The molecule has 2 aromatic carbocycles. The fourth-order valence-corrected chi connectivity index (χ4v) is 4.88. The van der Waals surface area contributed by atoms with Crippen LogP contribution in [0.1, 0.15) is 18.2 Å². The van der Waals surface area contributed by atoms with Crippen molar-refractivity contribution >= 4 is 33.7 Å². The van der Waals surface area contributed by atoms with Crippen LogP contribution in [0.4, 0.5) is 5.13 Å². The SMILES string of the molecule is CCOc1ccccc1-c1nc(CC(=O)Nc2nc(-c3ccc(CCOC)cc3)cs2)cs1. The summed E-state index contributed by atoms with van der Waals surface area (Å²) < 4.78 is 10.8. The number of benzene rings is 2. The number of rotatable bonds is 10. The van der Waals surface area contributed by atoms with Gasteiger partial charge in [0.15, 0.2) is 5.13 Å². The molecule has 0 atom stereocenters. The first-order valence-corrected chi connectivity index (χ1v) is 12.4. The lowest BCUT2D eigenvalue weighted by molar-refractivity contribution is -0.115. The van der Waals surface area contributed by atoms with Gasteiger partial charge in [-0.1, -0.05) is 36.4 Å². The minimum atomic E-state index is -0.138. The van der Waals surface area contributed by atoms with Gasteiger partial charge in [0.1, 0.15) is 10.8 Å². The van der Waals surface area contributed by atoms with Crippen molar-refractivity contribution in [2.75, 3.05) is 25.6 Å². The molecule has 8 heteroatoms. The Bertz CT molecular complexity index is 1200. The number of nitrogens with one attached hydrogen (secondary N) is 1. The molecule has 6 nitrogen and oxygen atoms in total. The summed E-state index contributed by atoms with van der Waals surface area (Å²) >= 11 is 2.92. The summed E-state index contributed by atoms with van der Waals surface area (Å²) in [6.45, 7) is 3.24. The molecular formula is C25H25N3O3S2. The molecule has 1 amide bonds. The molecule has 0 unspecified atom stereocenters. The van der Waals surface area contributed by atoms with Crippen LogP contribution in [0.2, 0.25) is 0 Å². The van der Waals surface area contributed by atoms with Crippen molar-refractivity contribution in [2.24, 2.45) is 0 Å². The predicted octanol–water partition coefficient (Wildman–Crippen LogP) is 5.70. The third-order valence-electron chi connectivity index (χ3n) is 4.91. The summed E-state index contributed by atoms with van der Waals surface area (Å²) in [7, 11) is 1.70. The van der Waals surface area contributed by atoms with Gasteiger partial charge in [-0.15, -0.1) is 22.7 Å². The van der Waals surface area contributed by atoms with E-state index in [0.29, 0.717) is 18.3 Å². The van der Waals surface area contributed by atoms with Gasteiger partial charge in [0, 0.05) is 23.4 Å². The number of carbonyl (C=O) groups excluding carboxylic acids is 1. The number of anilines is 1. The van der Waals surface area contributed by atoms with Gasteiger partial charge < -0.3 is 14.8 Å². The first kappa shape index (κ1) is 23.1. The molecule has 0 spiro atoms. The molecule has 170 valence electrons. The summed E-state index contributed by atoms with van der Waals surface area (Å²) in [6.07, 6.45) is 1.07. The standard InChI is InChI=1S/C25H25N3O3S2/c1-3-31-22-7-5-4-6-20(22)24-26-19(15-32-24)14-23(29)28-25-27-21(16-33-25)18-10-8-17(9-11-18)12-13-30-2/h4-11,15-16H,3,12-14H2,1-2H3,(H,27,28,29). The van der Waals surface area contributed by atoms with Crippen LogP contribution in [0.15, 0.2) is 59.3 Å². The van der Waals surface area contributed by atoms with Crippen molar-refractivity contribution in [3.8, 4) is 27.6 Å². The second kappa shape index (κ2) is 11.2. The average Bonchev–Trinajstić information content (AvgIpc) is 3.48. The zero-order valence-corrected chi connectivity index (χ0v) is 20.2. The van der Waals surface area contributed by atoms with Crippen LogP contribution in [0.3, 0.4) is 0 Å². The van der Waals surface area contributed by atoms with Gasteiger partial charge in [0.05, 0.1) is 36.6 Å². The number of aromatic nitrogens is 2. The molecule has 33 heavy (non-hydrogen) atoms. The molecule has 1 N–H and O–H groups in total. The van der Waals surface area contributed by atoms with E-state index in [4.69, 9.17) is 9.47 Å². The maximum Gasteiger partial charge on any atom is 0.232 e. The Labute approximate surface area is 201 Å². The molecule has 0 fully saturated rings. The maximum atomic E-state index is 12.6. The minimum absolute atomic E-state index is 0.138. The van der Waals surface area contributed by atoms with Gasteiger partial charge in [0.2, 0.25) is 5.91 Å². The molecule has 0 saturated carbocycles. The minimum Gasteiger partial charge on any atom is -0.493 e. The Kier molecular flexibility index (Phi) is 7.83. The molecule has 0 aliphatic rings. The number of thiazole rings is 2. The molecule has 0 aliphatic heterocycles. The normalized spacial score (nSPS) is 10.8. The predicted molar refractivity (Wildman–Crippen MR) is 134 cm³/mol. The number of amides is 1. The second-order valence-electron chi connectivity index (χ2n) is 7.28. The van der Waals surface area contributed by atoms with Crippen LogP contribution in [-0.2, 0) is 22.4 Å². The molecule has 0 bridgehead atoms. The number of carbonyl (C=O) groups is 1. The Morgan fingerprint density at radius 3 is 2.64 bits per heavy atom. The van der Waals surface area contributed by atoms with Gasteiger partial charge in [-0.3, -0.25) is 4.79 Å². The van der Waals surface area contributed by atoms with E-state index in [-0.39, 0.29) is 12.3 Å². The van der Waals surface area contributed by atoms with Gasteiger partial charge in [-0.2, -0.15) is 0 Å². The molecule has 2 heterocycles. The van der Waals surface area contributed by atoms with Crippen LogP contribution in [0.25, 0.3) is 21.8 Å². The third-order valence-corrected chi connectivity index (χ3v) is 6.59. The van der Waals surface area contributed by atoms with E-state index in [2.05, 4.69) is 27.4 Å². The molecular weight excluding hydrogens is 454 g/mol. The number of para-hydroxylation sites is 1. The van der Waals surface area contributed by atoms with Gasteiger partial charge in [-0.25, -0.2) is 9.97 Å². The molecule has 4 rings (SSSR count). The lowest BCUT2D eigenvalue weighted by atomic mass is 10.1. The largest absolute Gasteiger partial charge is 0.493 e. The van der Waals surface area contributed by atoms with E-state index in [9.17, 15) is 4.79 Å². The maximum absolute atomic E-state index is 12.6. The number of methoxy groups -OCH3 is 1. The topological polar surface area (TPSA) is 73.3 Å². The summed E-state index contributed by atoms with van der Waals surface area (Å²) in [6, 6.07) is 16.1. The van der Waals surface area contributed by atoms with E-state index < -0.39 is 0 Å². The highest BCUT2D eigenvalue weighted by Gasteiger charge is 2.14. The first-order valence-electron chi connectivity index (χ1n) is 10.7. The summed E-state index contributed by atoms with van der Waals surface area (Å²) in [5.74, 6) is 0.660. The van der Waals surface area contributed by atoms with Crippen LogP contribution < -0.4 is 10.1 Å². The van der Waals surface area contributed by atoms with Crippen molar-refractivity contribution in [3.63, 3.8) is 0 Å². The number of nitrogens with zero attached hydrogens (tertiary/aromatic N) is 2. The Balaban J connectivity index is 1.37. The third kappa shape index (κ3) is 6.04. The smallest absolute Gasteiger partial charge is 0.232 e. The van der Waals surface area contributed by atoms with E-state index in [0.717, 1.165) is 39.7 Å². The van der Waals surface area contributed by atoms with Crippen molar-refractivity contribution in [3.05, 3.63) is 70.5 Å². The van der Waals surface area contributed by atoms with E-state index in [1.54, 1.807) is 7.11 Å². The fourth-order valence-electron chi connectivity index (χ4n) is 3.29. The van der Waals surface area contributed by atoms with E-state index in [1.165, 1.54) is 28.2 Å². The quantitative estimate of drug-likeness (QED) is 0.316. The molecule has 2 aromatic heterocycles. The zero-order chi connectivity index (χ0) is 23.0. The highest BCUT2D eigenvalue weighted by molar-refractivity contribution is 7.14. The Morgan fingerprint density at radius 1 is 1.03 bits per heavy atom. The molecule has 0 radical (unpaired) electrons. The number of ether oxygens (including phenoxy) is 2. The van der Waals surface area contributed by atoms with Crippen molar-refractivity contribution in [2.45, 2.75) is 19.8 Å². The van der Waals surface area contributed by atoms with Gasteiger partial charge in [-0.05, 0) is 31.0 Å². The summed E-state index contributed by atoms with van der Waals surface area (Å²) in [4.78, 5) is 21.8. The van der Waals surface area contributed by atoms with Crippen LogP contribution in [0.5, 0.6) is 5.75 Å². The second-order valence-corrected chi connectivity index (χ2v) is 8.99. The molecule has 0 aliphatic carbocycles.